The molecule has 5 heteroatoms. The second-order valence-electron chi connectivity index (χ2n) is 3.94. The third kappa shape index (κ3) is 3.13. The Labute approximate surface area is 109 Å². The van der Waals surface area contributed by atoms with E-state index in [9.17, 15) is 8.78 Å². The molecule has 3 nitrogen and oxygen atoms in total. The largest absolute Gasteiger partial charge is 0.497 e. The Morgan fingerprint density at radius 2 is 1.84 bits per heavy atom. The molecular formula is C14H13F2NO2. The van der Waals surface area contributed by atoms with Crippen LogP contribution >= 0.6 is 0 Å². The van der Waals surface area contributed by atoms with Crippen molar-refractivity contribution in [3.63, 3.8) is 0 Å². The molecule has 0 aliphatic carbocycles. The highest BCUT2D eigenvalue weighted by atomic mass is 19.2. The quantitative estimate of drug-likeness (QED) is 0.864. The normalized spacial score (nSPS) is 10.3. The van der Waals surface area contributed by atoms with Gasteiger partial charge in [-0.3, -0.25) is 0 Å². The van der Waals surface area contributed by atoms with Crippen LogP contribution in [0.2, 0.25) is 0 Å². The van der Waals surface area contributed by atoms with Crippen molar-refractivity contribution in [2.75, 3.05) is 12.8 Å². The van der Waals surface area contributed by atoms with E-state index in [0.29, 0.717) is 22.7 Å². The zero-order chi connectivity index (χ0) is 13.8. The molecule has 0 fully saturated rings. The van der Waals surface area contributed by atoms with Crippen LogP contribution in [0.4, 0.5) is 14.5 Å². The maximum absolute atomic E-state index is 13.0. The Morgan fingerprint density at radius 1 is 1.05 bits per heavy atom. The van der Waals surface area contributed by atoms with Gasteiger partial charge in [-0.2, -0.15) is 0 Å². The Hall–Kier alpha value is -2.30. The lowest BCUT2D eigenvalue weighted by Gasteiger charge is -2.10. The first-order valence-corrected chi connectivity index (χ1v) is 5.60. The standard InChI is InChI=1S/C14H13F2NO2/c1-18-10-3-5-14(13(17)7-10)19-8-9-2-4-11(15)12(16)6-9/h2-7H,8,17H2,1H3. The van der Waals surface area contributed by atoms with Gasteiger partial charge in [0.05, 0.1) is 12.8 Å². The highest BCUT2D eigenvalue weighted by Crippen LogP contribution is 2.27. The summed E-state index contributed by atoms with van der Waals surface area (Å²) < 4.78 is 36.2. The molecule has 100 valence electrons. The van der Waals surface area contributed by atoms with Crippen LogP contribution in [0.5, 0.6) is 11.5 Å². The Balaban J connectivity index is 2.07. The van der Waals surface area contributed by atoms with E-state index in [1.54, 1.807) is 18.2 Å². The Bertz CT molecular complexity index is 588. The number of halogens is 2. The van der Waals surface area contributed by atoms with Crippen LogP contribution < -0.4 is 15.2 Å². The highest BCUT2D eigenvalue weighted by molar-refractivity contribution is 5.56. The summed E-state index contributed by atoms with van der Waals surface area (Å²) in [6.45, 7) is 0.105. The summed E-state index contributed by atoms with van der Waals surface area (Å²) in [5, 5.41) is 0. The fourth-order valence-corrected chi connectivity index (χ4v) is 1.58. The SMILES string of the molecule is COc1ccc(OCc2ccc(F)c(F)c2)c(N)c1. The van der Waals surface area contributed by atoms with E-state index < -0.39 is 11.6 Å². The molecule has 0 bridgehead atoms. The summed E-state index contributed by atoms with van der Waals surface area (Å²) in [6.07, 6.45) is 0. The molecule has 0 radical (unpaired) electrons. The zero-order valence-corrected chi connectivity index (χ0v) is 10.3. The number of ether oxygens (including phenoxy) is 2. The molecule has 0 unspecified atom stereocenters. The van der Waals surface area contributed by atoms with Crippen molar-refractivity contribution in [1.29, 1.82) is 0 Å². The molecule has 0 saturated carbocycles. The number of methoxy groups -OCH3 is 1. The van der Waals surface area contributed by atoms with Gasteiger partial charge in [-0.25, -0.2) is 8.78 Å². The summed E-state index contributed by atoms with van der Waals surface area (Å²) >= 11 is 0. The van der Waals surface area contributed by atoms with Crippen LogP contribution in [0.15, 0.2) is 36.4 Å². The number of anilines is 1. The molecule has 0 aromatic heterocycles. The van der Waals surface area contributed by atoms with Crippen LogP contribution in [0.3, 0.4) is 0 Å². The molecule has 19 heavy (non-hydrogen) atoms. The molecule has 0 heterocycles. The maximum Gasteiger partial charge on any atom is 0.159 e. The molecule has 0 aliphatic rings. The molecule has 0 aliphatic heterocycles. The van der Waals surface area contributed by atoms with Crippen molar-refractivity contribution in [3.05, 3.63) is 53.6 Å². The monoisotopic (exact) mass is 265 g/mol. The van der Waals surface area contributed by atoms with Crippen molar-refractivity contribution < 1.29 is 18.3 Å². The van der Waals surface area contributed by atoms with Gasteiger partial charge in [0.2, 0.25) is 0 Å². The number of hydrogen-bond donors (Lipinski definition) is 1. The predicted octanol–water partition coefficient (Wildman–Crippen LogP) is 3.13. The van der Waals surface area contributed by atoms with Gasteiger partial charge in [-0.15, -0.1) is 0 Å². The van der Waals surface area contributed by atoms with Gasteiger partial charge in [-0.05, 0) is 29.8 Å². The first-order chi connectivity index (χ1) is 9.10. The summed E-state index contributed by atoms with van der Waals surface area (Å²) in [5.74, 6) is -0.695. The average Bonchev–Trinajstić information content (AvgIpc) is 2.41. The summed E-state index contributed by atoms with van der Waals surface area (Å²) in [5.41, 5.74) is 6.72. The maximum atomic E-state index is 13.0. The Kier molecular flexibility index (Phi) is 3.85. The topological polar surface area (TPSA) is 44.5 Å². The summed E-state index contributed by atoms with van der Waals surface area (Å²) in [4.78, 5) is 0. The smallest absolute Gasteiger partial charge is 0.159 e. The van der Waals surface area contributed by atoms with Crippen molar-refractivity contribution in [2.45, 2.75) is 6.61 Å². The van der Waals surface area contributed by atoms with Crippen molar-refractivity contribution >= 4 is 5.69 Å². The molecule has 2 aromatic rings. The third-order valence-corrected chi connectivity index (χ3v) is 2.60. The van der Waals surface area contributed by atoms with Gasteiger partial charge in [0, 0.05) is 6.07 Å². The predicted molar refractivity (Wildman–Crippen MR) is 68.1 cm³/mol. The first-order valence-electron chi connectivity index (χ1n) is 5.60. The van der Waals surface area contributed by atoms with Gasteiger partial charge in [0.1, 0.15) is 18.1 Å². The summed E-state index contributed by atoms with van der Waals surface area (Å²) in [7, 11) is 1.54. The van der Waals surface area contributed by atoms with Crippen LogP contribution in [0.1, 0.15) is 5.56 Å². The van der Waals surface area contributed by atoms with E-state index >= 15 is 0 Å². The number of hydrogen-bond acceptors (Lipinski definition) is 3. The average molecular weight is 265 g/mol. The Morgan fingerprint density at radius 3 is 2.47 bits per heavy atom. The zero-order valence-electron chi connectivity index (χ0n) is 10.3. The lowest BCUT2D eigenvalue weighted by atomic mass is 10.2. The number of nitrogens with two attached hydrogens (primary N) is 1. The number of rotatable bonds is 4. The van der Waals surface area contributed by atoms with Gasteiger partial charge in [0.25, 0.3) is 0 Å². The van der Waals surface area contributed by atoms with Gasteiger partial charge >= 0.3 is 0 Å². The lowest BCUT2D eigenvalue weighted by Crippen LogP contribution is -2.00. The number of benzene rings is 2. The molecule has 0 saturated heterocycles. The van der Waals surface area contributed by atoms with E-state index in [-0.39, 0.29) is 6.61 Å². The summed E-state index contributed by atoms with van der Waals surface area (Å²) in [6, 6.07) is 8.60. The third-order valence-electron chi connectivity index (χ3n) is 2.60. The van der Waals surface area contributed by atoms with Gasteiger partial charge in [0.15, 0.2) is 11.6 Å². The van der Waals surface area contributed by atoms with Crippen molar-refractivity contribution in [1.82, 2.24) is 0 Å². The molecule has 2 aromatic carbocycles. The van der Waals surface area contributed by atoms with Crippen LogP contribution in [0, 0.1) is 11.6 Å². The van der Waals surface area contributed by atoms with Crippen LogP contribution in [0.25, 0.3) is 0 Å². The minimum absolute atomic E-state index is 0.105. The molecular weight excluding hydrogens is 252 g/mol. The second kappa shape index (κ2) is 5.56. The van der Waals surface area contributed by atoms with E-state index in [4.69, 9.17) is 15.2 Å². The fourth-order valence-electron chi connectivity index (χ4n) is 1.58. The van der Waals surface area contributed by atoms with Crippen molar-refractivity contribution in [3.8, 4) is 11.5 Å². The molecule has 0 spiro atoms. The minimum atomic E-state index is -0.899. The second-order valence-corrected chi connectivity index (χ2v) is 3.94. The minimum Gasteiger partial charge on any atom is -0.497 e. The molecule has 0 atom stereocenters. The van der Waals surface area contributed by atoms with E-state index in [2.05, 4.69) is 0 Å². The molecule has 2 N–H and O–H groups in total. The van der Waals surface area contributed by atoms with Crippen LogP contribution in [-0.4, -0.2) is 7.11 Å². The highest BCUT2D eigenvalue weighted by Gasteiger charge is 2.05. The van der Waals surface area contributed by atoms with E-state index in [0.717, 1.165) is 12.1 Å². The molecule has 0 amide bonds. The van der Waals surface area contributed by atoms with E-state index in [1.807, 2.05) is 0 Å². The lowest BCUT2D eigenvalue weighted by molar-refractivity contribution is 0.306. The van der Waals surface area contributed by atoms with Crippen LogP contribution in [-0.2, 0) is 6.61 Å². The first kappa shape index (κ1) is 13.1. The fraction of sp³-hybridized carbons (Fsp3) is 0.143. The van der Waals surface area contributed by atoms with Gasteiger partial charge in [-0.1, -0.05) is 6.07 Å². The van der Waals surface area contributed by atoms with Crippen molar-refractivity contribution in [2.24, 2.45) is 0 Å². The number of nitrogen functional groups attached to an aromatic ring is 1. The van der Waals surface area contributed by atoms with Gasteiger partial charge < -0.3 is 15.2 Å². The van der Waals surface area contributed by atoms with E-state index in [1.165, 1.54) is 13.2 Å². The molecule has 2 rings (SSSR count).